The molecule has 352 valence electrons. The zero-order valence-electron chi connectivity index (χ0n) is 38.9. The molecule has 12 heteroatoms. The van der Waals surface area contributed by atoms with Gasteiger partial charge in [0.05, 0.1) is 13.2 Å². The van der Waals surface area contributed by atoms with Crippen molar-refractivity contribution in [2.45, 2.75) is 92.2 Å². The summed E-state index contributed by atoms with van der Waals surface area (Å²) in [5, 5.41) is 11.1. The summed E-state index contributed by atoms with van der Waals surface area (Å²) in [4.78, 5) is 2.29. The van der Waals surface area contributed by atoms with Crippen LogP contribution in [0.4, 0.5) is 8.78 Å². The Hall–Kier alpha value is -4.32. The second kappa shape index (κ2) is 27.5. The summed E-state index contributed by atoms with van der Waals surface area (Å²) in [7, 11) is -2.18. The van der Waals surface area contributed by atoms with E-state index in [9.17, 15) is 13.3 Å². The molecule has 2 aromatic heterocycles. The summed E-state index contributed by atoms with van der Waals surface area (Å²) < 4.78 is 65.0. The molecule has 0 saturated carbocycles. The second-order valence-corrected chi connectivity index (χ2v) is 20.4. The van der Waals surface area contributed by atoms with E-state index in [0.29, 0.717) is 77.3 Å². The quantitative estimate of drug-likeness (QED) is 0.0344. The van der Waals surface area contributed by atoms with Crippen molar-refractivity contribution in [3.63, 3.8) is 0 Å². The molecular formula is C54H66F2N2O5PS2+. The van der Waals surface area contributed by atoms with Crippen LogP contribution in [0.1, 0.15) is 86.8 Å². The molecular weight excluding hydrogens is 890 g/mol. The van der Waals surface area contributed by atoms with E-state index in [1.54, 1.807) is 34.8 Å². The van der Waals surface area contributed by atoms with E-state index in [1.165, 1.54) is 0 Å². The zero-order valence-corrected chi connectivity index (χ0v) is 41.4. The lowest BCUT2D eigenvalue weighted by molar-refractivity contribution is 0.220. The number of halogens is 2. The van der Waals surface area contributed by atoms with Crippen LogP contribution in [0.15, 0.2) is 108 Å². The number of ether oxygens (including phenoxy) is 2. The zero-order chi connectivity index (χ0) is 46.5. The van der Waals surface area contributed by atoms with Gasteiger partial charge >= 0.3 is 8.25 Å². The van der Waals surface area contributed by atoms with Crippen molar-refractivity contribution in [1.82, 2.24) is 10.6 Å². The second-order valence-electron chi connectivity index (χ2n) is 17.5. The average Bonchev–Trinajstić information content (AvgIpc) is 4.05. The highest BCUT2D eigenvalue weighted by Crippen LogP contribution is 2.36. The average molecular weight is 956 g/mol. The topological polar surface area (TPSA) is 78.1 Å². The maximum atomic E-state index is 14.6. The molecule has 0 aliphatic carbocycles. The first kappa shape index (κ1) is 51.1. The molecule has 4 aromatic carbocycles. The molecule has 2 N–H and O–H groups in total. The molecule has 0 amide bonds. The van der Waals surface area contributed by atoms with Crippen LogP contribution in [0.3, 0.4) is 0 Å². The Kier molecular flexibility index (Phi) is 21.3. The summed E-state index contributed by atoms with van der Waals surface area (Å²) in [5.41, 5.74) is 7.95. The first-order valence-electron chi connectivity index (χ1n) is 23.4. The first-order chi connectivity index (χ1) is 32.1. The highest BCUT2D eigenvalue weighted by atomic mass is 32.1. The van der Waals surface area contributed by atoms with Gasteiger partial charge in [0.15, 0.2) is 0 Å². The van der Waals surface area contributed by atoms with Crippen LogP contribution in [0.5, 0.6) is 11.5 Å². The Labute approximate surface area is 400 Å². The number of hydrogen-bond acceptors (Lipinski definition) is 9. The van der Waals surface area contributed by atoms with Crippen LogP contribution in [0, 0.1) is 23.5 Å². The van der Waals surface area contributed by atoms with Crippen molar-refractivity contribution in [2.24, 2.45) is 11.8 Å². The molecule has 7 nitrogen and oxygen atoms in total. The third-order valence-electron chi connectivity index (χ3n) is 10.9. The monoisotopic (exact) mass is 955 g/mol. The van der Waals surface area contributed by atoms with E-state index in [0.717, 1.165) is 104 Å². The van der Waals surface area contributed by atoms with E-state index < -0.39 is 8.25 Å². The lowest BCUT2D eigenvalue weighted by Crippen LogP contribution is -2.16. The van der Waals surface area contributed by atoms with Crippen LogP contribution >= 0.6 is 30.9 Å². The minimum absolute atomic E-state index is 0.117. The van der Waals surface area contributed by atoms with E-state index in [-0.39, 0.29) is 11.6 Å². The van der Waals surface area contributed by atoms with Crippen LogP contribution in [0.2, 0.25) is 0 Å². The molecule has 0 saturated heterocycles. The fraction of sp³-hybridized carbons (Fsp3) is 0.407. The largest absolute Gasteiger partial charge is 0.697 e. The number of aryl methyl sites for hydroxylation is 2. The SMILES string of the molecule is CC(C)Cc1ccc(CCCOc2ccc(CNCCCO[P+](=O)OCCCNCc3ccc(OCCCc4ccc(CC(C)C)c(F)c4)c(-c4cccs4)c3)cc2-c2cccs2)cc1F. The highest BCUT2D eigenvalue weighted by molar-refractivity contribution is 7.33. The van der Waals surface area contributed by atoms with Crippen molar-refractivity contribution >= 4 is 30.9 Å². The van der Waals surface area contributed by atoms with E-state index in [4.69, 9.17) is 18.5 Å². The highest BCUT2D eigenvalue weighted by Gasteiger charge is 2.19. The molecule has 0 fully saturated rings. The molecule has 0 atom stereocenters. The van der Waals surface area contributed by atoms with Crippen LogP contribution in [0.25, 0.3) is 20.9 Å². The van der Waals surface area contributed by atoms with E-state index >= 15 is 0 Å². The van der Waals surface area contributed by atoms with Gasteiger partial charge in [0.1, 0.15) is 36.3 Å². The molecule has 0 aliphatic heterocycles. The lowest BCUT2D eigenvalue weighted by atomic mass is 10.00. The minimum atomic E-state index is -2.18. The molecule has 0 unspecified atom stereocenters. The predicted molar refractivity (Wildman–Crippen MR) is 269 cm³/mol. The van der Waals surface area contributed by atoms with Gasteiger partial charge < -0.3 is 20.1 Å². The minimum Gasteiger partial charge on any atom is -0.493 e. The standard InChI is InChI=1S/C54H66F2N2O5PS2/c1-39(2)31-45-19-15-41(35-49(45)55)11-5-25-60-51-21-17-43(33-47(51)53-13-7-29-65-53)37-57-23-9-27-62-64(59)63-28-10-24-58-38-44-18-22-52(48(34-44)54-14-8-30-66-54)61-26-6-12-42-16-20-46(32-40(3)4)50(56)36-42/h7-8,13-22,29-30,33-36,39-40,57-58H,5-6,9-12,23-28,31-32,37-38H2,1-4H3/q+1. The predicted octanol–water partition coefficient (Wildman–Crippen LogP) is 14.2. The molecule has 2 heterocycles. The van der Waals surface area contributed by atoms with Crippen LogP contribution in [-0.4, -0.2) is 39.5 Å². The summed E-state index contributed by atoms with van der Waals surface area (Å²) in [6, 6.07) is 32.1. The van der Waals surface area contributed by atoms with Gasteiger partial charge in [0.25, 0.3) is 0 Å². The number of benzene rings is 4. The van der Waals surface area contributed by atoms with Gasteiger partial charge in [-0.1, -0.05) is 76.2 Å². The van der Waals surface area contributed by atoms with Gasteiger partial charge in [-0.3, -0.25) is 0 Å². The van der Waals surface area contributed by atoms with Gasteiger partial charge in [-0.05, 0) is 169 Å². The van der Waals surface area contributed by atoms with Gasteiger partial charge in [-0.2, -0.15) is 0 Å². The summed E-state index contributed by atoms with van der Waals surface area (Å²) in [6.07, 6.45) is 5.98. The smallest absolute Gasteiger partial charge is 0.493 e. The Bertz CT molecular complexity index is 2210. The van der Waals surface area contributed by atoms with Crippen molar-refractivity contribution in [1.29, 1.82) is 0 Å². The third kappa shape index (κ3) is 17.1. The fourth-order valence-electron chi connectivity index (χ4n) is 7.67. The maximum absolute atomic E-state index is 14.6. The van der Waals surface area contributed by atoms with E-state index in [2.05, 4.69) is 85.5 Å². The Morgan fingerprint density at radius 2 is 0.985 bits per heavy atom. The Balaban J connectivity index is 0.831. The normalized spacial score (nSPS) is 11.5. The number of hydrogen-bond donors (Lipinski definition) is 2. The molecule has 6 rings (SSSR count). The van der Waals surface area contributed by atoms with E-state index in [1.807, 2.05) is 48.5 Å². The third-order valence-corrected chi connectivity index (χ3v) is 13.5. The van der Waals surface area contributed by atoms with Crippen molar-refractivity contribution in [2.75, 3.05) is 39.5 Å². The van der Waals surface area contributed by atoms with Gasteiger partial charge in [-0.25, -0.2) is 8.78 Å². The Morgan fingerprint density at radius 3 is 1.38 bits per heavy atom. The molecule has 0 bridgehead atoms. The van der Waals surface area contributed by atoms with Crippen LogP contribution in [-0.2, 0) is 52.4 Å². The first-order valence-corrected chi connectivity index (χ1v) is 26.2. The number of nitrogens with one attached hydrogen (secondary N) is 2. The molecule has 0 radical (unpaired) electrons. The lowest BCUT2D eigenvalue weighted by Gasteiger charge is -2.13. The number of thiophene rings is 2. The van der Waals surface area contributed by atoms with Crippen molar-refractivity contribution in [3.05, 3.63) is 153 Å². The molecule has 6 aromatic rings. The fourth-order valence-corrected chi connectivity index (χ4v) is 9.80. The number of rotatable bonds is 30. The maximum Gasteiger partial charge on any atom is 0.697 e. The molecule has 0 aliphatic rings. The van der Waals surface area contributed by atoms with Gasteiger partial charge in [0, 0.05) is 38.5 Å². The van der Waals surface area contributed by atoms with Crippen molar-refractivity contribution in [3.8, 4) is 32.4 Å². The van der Waals surface area contributed by atoms with Gasteiger partial charge in [-0.15, -0.1) is 31.7 Å². The summed E-state index contributed by atoms with van der Waals surface area (Å²) >= 11 is 3.36. The molecule has 66 heavy (non-hydrogen) atoms. The molecule has 0 spiro atoms. The summed E-state index contributed by atoms with van der Waals surface area (Å²) in [5.74, 6) is 2.29. The van der Waals surface area contributed by atoms with Crippen molar-refractivity contribution < 1.29 is 31.9 Å². The Morgan fingerprint density at radius 1 is 0.545 bits per heavy atom. The summed E-state index contributed by atoms with van der Waals surface area (Å²) in [6.45, 7) is 12.9. The van der Waals surface area contributed by atoms with Gasteiger partial charge in [0.2, 0.25) is 0 Å². The van der Waals surface area contributed by atoms with Crippen LogP contribution < -0.4 is 20.1 Å².